The molecule has 0 fully saturated rings. The molecule has 0 radical (unpaired) electrons. The standard InChI is InChI=1S/C11H14O3S/c1-14-11-8(6-7-10(12)13)4-3-5-9(11)15-2/h3-5H,6-7H2,1-2H3,(H,12,13). The highest BCUT2D eigenvalue weighted by Crippen LogP contribution is 2.31. The third-order valence-corrected chi connectivity index (χ3v) is 2.85. The van der Waals surface area contributed by atoms with Gasteiger partial charge in [-0.15, -0.1) is 11.8 Å². The van der Waals surface area contributed by atoms with Crippen LogP contribution in [0.2, 0.25) is 0 Å². The van der Waals surface area contributed by atoms with Crippen LogP contribution in [-0.4, -0.2) is 24.4 Å². The molecule has 1 rings (SSSR count). The number of hydrogen-bond donors (Lipinski definition) is 1. The zero-order valence-electron chi connectivity index (χ0n) is 8.82. The Labute approximate surface area is 93.4 Å². The molecule has 15 heavy (non-hydrogen) atoms. The van der Waals surface area contributed by atoms with Crippen LogP contribution < -0.4 is 4.74 Å². The summed E-state index contributed by atoms with van der Waals surface area (Å²) in [5.41, 5.74) is 0.951. The molecule has 0 bridgehead atoms. The number of rotatable bonds is 5. The van der Waals surface area contributed by atoms with Crippen LogP contribution in [-0.2, 0) is 11.2 Å². The van der Waals surface area contributed by atoms with E-state index in [0.717, 1.165) is 16.2 Å². The smallest absolute Gasteiger partial charge is 0.303 e. The Hall–Kier alpha value is -1.16. The van der Waals surface area contributed by atoms with Crippen molar-refractivity contribution in [1.29, 1.82) is 0 Å². The number of aliphatic carboxylic acids is 1. The quantitative estimate of drug-likeness (QED) is 0.783. The van der Waals surface area contributed by atoms with Gasteiger partial charge in [-0.05, 0) is 24.3 Å². The summed E-state index contributed by atoms with van der Waals surface area (Å²) in [6.45, 7) is 0. The summed E-state index contributed by atoms with van der Waals surface area (Å²) in [5, 5.41) is 8.62. The molecule has 4 heteroatoms. The van der Waals surface area contributed by atoms with Crippen molar-refractivity contribution < 1.29 is 14.6 Å². The summed E-state index contributed by atoms with van der Waals surface area (Å²) in [4.78, 5) is 11.5. The molecule has 0 saturated heterocycles. The number of para-hydroxylation sites is 1. The zero-order chi connectivity index (χ0) is 11.3. The van der Waals surface area contributed by atoms with Crippen LogP contribution in [0.25, 0.3) is 0 Å². The number of carboxylic acid groups (broad SMARTS) is 1. The van der Waals surface area contributed by atoms with Gasteiger partial charge >= 0.3 is 5.97 Å². The van der Waals surface area contributed by atoms with Crippen LogP contribution >= 0.6 is 11.8 Å². The maximum absolute atomic E-state index is 10.5. The lowest BCUT2D eigenvalue weighted by Crippen LogP contribution is -2.00. The molecule has 1 aromatic carbocycles. The molecule has 1 aromatic rings. The minimum Gasteiger partial charge on any atom is -0.495 e. The Morgan fingerprint density at radius 1 is 1.53 bits per heavy atom. The first-order chi connectivity index (χ1) is 7.19. The predicted octanol–water partition coefficient (Wildman–Crippen LogP) is 2.43. The van der Waals surface area contributed by atoms with Crippen LogP contribution in [0.3, 0.4) is 0 Å². The fourth-order valence-corrected chi connectivity index (χ4v) is 2.01. The normalized spacial score (nSPS) is 10.0. The van der Waals surface area contributed by atoms with Crippen molar-refractivity contribution in [3.05, 3.63) is 23.8 Å². The van der Waals surface area contributed by atoms with E-state index in [1.165, 1.54) is 0 Å². The van der Waals surface area contributed by atoms with E-state index in [2.05, 4.69) is 0 Å². The molecule has 1 N–H and O–H groups in total. The minimum absolute atomic E-state index is 0.133. The number of benzene rings is 1. The Morgan fingerprint density at radius 2 is 2.27 bits per heavy atom. The van der Waals surface area contributed by atoms with Gasteiger partial charge in [0.05, 0.1) is 7.11 Å². The monoisotopic (exact) mass is 226 g/mol. The van der Waals surface area contributed by atoms with Crippen LogP contribution in [0.1, 0.15) is 12.0 Å². The first kappa shape index (κ1) is 11.9. The van der Waals surface area contributed by atoms with Crippen LogP contribution in [0, 0.1) is 0 Å². The van der Waals surface area contributed by atoms with Crippen LogP contribution in [0.5, 0.6) is 5.75 Å². The Bertz CT molecular complexity index is 350. The molecule has 0 saturated carbocycles. The van der Waals surface area contributed by atoms with Gasteiger partial charge in [0.25, 0.3) is 0 Å². The summed E-state index contributed by atoms with van der Waals surface area (Å²) in [6.07, 6.45) is 2.61. The lowest BCUT2D eigenvalue weighted by atomic mass is 10.1. The molecule has 0 unspecified atom stereocenters. The van der Waals surface area contributed by atoms with E-state index in [1.54, 1.807) is 18.9 Å². The molecule has 0 aliphatic heterocycles. The number of thioether (sulfide) groups is 1. The van der Waals surface area contributed by atoms with Gasteiger partial charge in [-0.3, -0.25) is 4.79 Å². The SMILES string of the molecule is COc1c(CCC(=O)O)cccc1SC. The van der Waals surface area contributed by atoms with E-state index >= 15 is 0 Å². The second kappa shape index (κ2) is 5.66. The Morgan fingerprint density at radius 3 is 2.80 bits per heavy atom. The Balaban J connectivity index is 2.90. The molecule has 82 valence electrons. The largest absolute Gasteiger partial charge is 0.495 e. The second-order valence-corrected chi connectivity index (χ2v) is 3.89. The molecule has 0 heterocycles. The van der Waals surface area contributed by atoms with Gasteiger partial charge in [0.1, 0.15) is 5.75 Å². The maximum Gasteiger partial charge on any atom is 0.303 e. The summed E-state index contributed by atoms with van der Waals surface area (Å²) in [5.74, 6) is 0.0119. The number of aryl methyl sites for hydroxylation is 1. The van der Waals surface area contributed by atoms with Gasteiger partial charge in [0, 0.05) is 11.3 Å². The number of carboxylic acids is 1. The van der Waals surface area contributed by atoms with E-state index in [0.29, 0.717) is 6.42 Å². The summed E-state index contributed by atoms with van der Waals surface area (Å²) >= 11 is 1.60. The highest BCUT2D eigenvalue weighted by atomic mass is 32.2. The minimum atomic E-state index is -0.786. The fraction of sp³-hybridized carbons (Fsp3) is 0.364. The first-order valence-corrected chi connectivity index (χ1v) is 5.83. The average Bonchev–Trinajstić information content (AvgIpc) is 2.25. The molecule has 0 amide bonds. The molecule has 0 spiro atoms. The van der Waals surface area contributed by atoms with E-state index in [1.807, 2.05) is 24.5 Å². The highest BCUT2D eigenvalue weighted by molar-refractivity contribution is 7.98. The van der Waals surface area contributed by atoms with Crippen LogP contribution in [0.4, 0.5) is 0 Å². The van der Waals surface area contributed by atoms with E-state index in [9.17, 15) is 4.79 Å². The predicted molar refractivity (Wildman–Crippen MR) is 60.7 cm³/mol. The Kier molecular flexibility index (Phi) is 4.49. The molecule has 3 nitrogen and oxygen atoms in total. The average molecular weight is 226 g/mol. The van der Waals surface area contributed by atoms with Crippen molar-refractivity contribution in [3.8, 4) is 5.75 Å². The van der Waals surface area contributed by atoms with Gasteiger partial charge in [-0.1, -0.05) is 12.1 Å². The second-order valence-electron chi connectivity index (χ2n) is 3.05. The van der Waals surface area contributed by atoms with Crippen molar-refractivity contribution in [1.82, 2.24) is 0 Å². The molecule has 0 aliphatic rings. The lowest BCUT2D eigenvalue weighted by Gasteiger charge is -2.11. The van der Waals surface area contributed by atoms with E-state index in [-0.39, 0.29) is 6.42 Å². The molecular formula is C11H14O3S. The van der Waals surface area contributed by atoms with Gasteiger partial charge in [0.2, 0.25) is 0 Å². The molecule has 0 atom stereocenters. The first-order valence-electron chi connectivity index (χ1n) is 4.60. The number of methoxy groups -OCH3 is 1. The van der Waals surface area contributed by atoms with Gasteiger partial charge in [-0.25, -0.2) is 0 Å². The van der Waals surface area contributed by atoms with E-state index < -0.39 is 5.97 Å². The number of ether oxygens (including phenoxy) is 1. The van der Waals surface area contributed by atoms with Crippen molar-refractivity contribution in [2.45, 2.75) is 17.7 Å². The summed E-state index contributed by atoms with van der Waals surface area (Å²) in [7, 11) is 1.61. The van der Waals surface area contributed by atoms with Gasteiger partial charge in [0.15, 0.2) is 0 Å². The van der Waals surface area contributed by atoms with E-state index in [4.69, 9.17) is 9.84 Å². The van der Waals surface area contributed by atoms with Gasteiger partial charge in [-0.2, -0.15) is 0 Å². The molecule has 0 aromatic heterocycles. The zero-order valence-corrected chi connectivity index (χ0v) is 9.63. The van der Waals surface area contributed by atoms with Crippen molar-refractivity contribution in [2.24, 2.45) is 0 Å². The van der Waals surface area contributed by atoms with Gasteiger partial charge < -0.3 is 9.84 Å². The number of hydrogen-bond acceptors (Lipinski definition) is 3. The topological polar surface area (TPSA) is 46.5 Å². The molecular weight excluding hydrogens is 212 g/mol. The summed E-state index contributed by atoms with van der Waals surface area (Å²) < 4.78 is 5.29. The van der Waals surface area contributed by atoms with Crippen molar-refractivity contribution >= 4 is 17.7 Å². The third-order valence-electron chi connectivity index (χ3n) is 2.09. The molecule has 0 aliphatic carbocycles. The van der Waals surface area contributed by atoms with Crippen LogP contribution in [0.15, 0.2) is 23.1 Å². The maximum atomic E-state index is 10.5. The fourth-order valence-electron chi connectivity index (χ4n) is 1.39. The highest BCUT2D eigenvalue weighted by Gasteiger charge is 2.09. The lowest BCUT2D eigenvalue weighted by molar-refractivity contribution is -0.136. The third kappa shape index (κ3) is 3.16. The van der Waals surface area contributed by atoms with Crippen molar-refractivity contribution in [2.75, 3.05) is 13.4 Å². The number of carbonyl (C=O) groups is 1. The van der Waals surface area contributed by atoms with Crippen molar-refractivity contribution in [3.63, 3.8) is 0 Å². The summed E-state index contributed by atoms with van der Waals surface area (Å²) in [6, 6.07) is 5.79.